The molecule has 0 radical (unpaired) electrons. The minimum atomic E-state index is -4.57. The van der Waals surface area contributed by atoms with Crippen molar-refractivity contribution < 1.29 is 27.1 Å². The summed E-state index contributed by atoms with van der Waals surface area (Å²) in [5, 5.41) is 26.4. The maximum atomic E-state index is 12.8. The number of aliphatic imine (C=N–C) groups is 1. The molecule has 0 saturated heterocycles. The number of amidine groups is 2. The molecule has 36 heavy (non-hydrogen) atoms. The number of benzene rings is 2. The number of nitro groups is 1. The van der Waals surface area contributed by atoms with E-state index in [-0.39, 0.29) is 28.8 Å². The van der Waals surface area contributed by atoms with Gasteiger partial charge in [-0.25, -0.2) is 0 Å². The van der Waals surface area contributed by atoms with Gasteiger partial charge in [-0.2, -0.15) is 23.5 Å². The lowest BCUT2D eigenvalue weighted by molar-refractivity contribution is -0.387. The summed E-state index contributed by atoms with van der Waals surface area (Å²) in [4.78, 5) is 26.4. The third-order valence-corrected chi connectivity index (χ3v) is 7.49. The summed E-state index contributed by atoms with van der Waals surface area (Å²) in [7, 11) is -3.29. The van der Waals surface area contributed by atoms with Gasteiger partial charge < -0.3 is 8.92 Å². The minimum absolute atomic E-state index is 0.0117. The Morgan fingerprint density at radius 1 is 1.19 bits per heavy atom. The Labute approximate surface area is 210 Å². The van der Waals surface area contributed by atoms with Gasteiger partial charge in [-0.05, 0) is 41.6 Å². The van der Waals surface area contributed by atoms with Crippen LogP contribution in [-0.4, -0.2) is 47.4 Å². The van der Waals surface area contributed by atoms with Crippen molar-refractivity contribution in [2.24, 2.45) is 16.0 Å². The van der Waals surface area contributed by atoms with Gasteiger partial charge in [0.25, 0.3) is 11.6 Å². The second-order valence-corrected chi connectivity index (χ2v) is 10.3. The minimum Gasteiger partial charge on any atom is -0.493 e. The average molecular weight is 530 g/mol. The molecule has 1 N–H and O–H groups in total. The highest BCUT2D eigenvalue weighted by Gasteiger charge is 2.36. The molecule has 0 fully saturated rings. The van der Waals surface area contributed by atoms with Crippen molar-refractivity contribution in [1.29, 1.82) is 5.41 Å². The van der Waals surface area contributed by atoms with Crippen molar-refractivity contribution in [1.82, 2.24) is 5.01 Å². The molecule has 1 amide bonds. The summed E-state index contributed by atoms with van der Waals surface area (Å²) in [6.45, 7) is 3.89. The molecule has 14 heteroatoms. The van der Waals surface area contributed by atoms with Crippen molar-refractivity contribution in [2.75, 3.05) is 7.11 Å². The van der Waals surface area contributed by atoms with E-state index in [1.54, 1.807) is 0 Å². The fourth-order valence-electron chi connectivity index (χ4n) is 3.23. The summed E-state index contributed by atoms with van der Waals surface area (Å²) < 4.78 is 35.9. The van der Waals surface area contributed by atoms with Crippen LogP contribution in [0.15, 0.2) is 63.0 Å². The molecule has 0 aliphatic carbocycles. The number of hydrazone groups is 1. The molecule has 0 atom stereocenters. The summed E-state index contributed by atoms with van der Waals surface area (Å²) in [6, 6.07) is 8.93. The van der Waals surface area contributed by atoms with Gasteiger partial charge in [0, 0.05) is 12.0 Å². The van der Waals surface area contributed by atoms with Crippen LogP contribution in [0.5, 0.6) is 11.5 Å². The molecular weight excluding hydrogens is 510 g/mol. The van der Waals surface area contributed by atoms with Gasteiger partial charge in [-0.15, -0.1) is 0 Å². The highest BCUT2D eigenvalue weighted by molar-refractivity contribution is 8.27. The van der Waals surface area contributed by atoms with Crippen molar-refractivity contribution in [2.45, 2.75) is 18.7 Å². The third-order valence-electron chi connectivity index (χ3n) is 4.99. The maximum absolute atomic E-state index is 12.8. The van der Waals surface area contributed by atoms with Crippen molar-refractivity contribution >= 4 is 55.6 Å². The Morgan fingerprint density at radius 3 is 2.58 bits per heavy atom. The number of thioether (sulfide) groups is 1. The SMILES string of the molecule is COc1cc(/C=C2/C(=N)N3N=C(C(C)C)SC3=NC2=O)ccc1OS(=O)(=O)c1ccccc1[N+](=O)[O-]. The normalized spacial score (nSPS) is 16.7. The molecule has 2 aliphatic heterocycles. The number of nitrogens with zero attached hydrogens (tertiary/aromatic N) is 4. The first-order valence-electron chi connectivity index (χ1n) is 10.4. The van der Waals surface area contributed by atoms with Crippen LogP contribution in [0.1, 0.15) is 19.4 Å². The molecule has 0 saturated carbocycles. The number of nitro benzene ring substituents is 1. The summed E-state index contributed by atoms with van der Waals surface area (Å²) in [5.41, 5.74) is -0.249. The maximum Gasteiger partial charge on any atom is 0.346 e. The molecule has 0 aromatic heterocycles. The van der Waals surface area contributed by atoms with Gasteiger partial charge in [-0.1, -0.05) is 32.0 Å². The molecular formula is C22H19N5O7S2. The van der Waals surface area contributed by atoms with Crippen LogP contribution < -0.4 is 8.92 Å². The van der Waals surface area contributed by atoms with E-state index < -0.39 is 31.5 Å². The van der Waals surface area contributed by atoms with Crippen LogP contribution in [0.25, 0.3) is 6.08 Å². The smallest absolute Gasteiger partial charge is 0.346 e. The van der Waals surface area contributed by atoms with E-state index >= 15 is 0 Å². The number of hydrogen-bond donors (Lipinski definition) is 1. The lowest BCUT2D eigenvalue weighted by Crippen LogP contribution is -2.35. The van der Waals surface area contributed by atoms with E-state index in [4.69, 9.17) is 14.3 Å². The van der Waals surface area contributed by atoms with Gasteiger partial charge in [0.15, 0.2) is 22.2 Å². The molecule has 4 rings (SSSR count). The number of carbonyl (C=O) groups excluding carboxylic acids is 1. The average Bonchev–Trinajstić information content (AvgIpc) is 3.27. The third kappa shape index (κ3) is 4.72. The lowest BCUT2D eigenvalue weighted by atomic mass is 10.1. The molecule has 2 aromatic carbocycles. The zero-order valence-corrected chi connectivity index (χ0v) is 20.8. The van der Waals surface area contributed by atoms with E-state index in [1.807, 2.05) is 13.8 Å². The summed E-state index contributed by atoms with van der Waals surface area (Å²) >= 11 is 1.23. The quantitative estimate of drug-likeness (QED) is 0.244. The summed E-state index contributed by atoms with van der Waals surface area (Å²) in [5.74, 6) is -0.889. The topological polar surface area (TPSA) is 165 Å². The van der Waals surface area contributed by atoms with E-state index in [2.05, 4.69) is 10.1 Å². The van der Waals surface area contributed by atoms with E-state index in [0.717, 1.165) is 17.2 Å². The molecule has 186 valence electrons. The molecule has 2 aromatic rings. The number of nitrogens with one attached hydrogen (secondary N) is 1. The number of hydrogen-bond acceptors (Lipinski definition) is 10. The second-order valence-electron chi connectivity index (χ2n) is 7.79. The molecule has 12 nitrogen and oxygen atoms in total. The number of carbonyl (C=O) groups is 1. The molecule has 0 spiro atoms. The van der Waals surface area contributed by atoms with Crippen LogP contribution in [0.4, 0.5) is 5.69 Å². The first-order chi connectivity index (χ1) is 17.0. The predicted molar refractivity (Wildman–Crippen MR) is 134 cm³/mol. The standard InChI is InChI=1S/C22H19N5O7S2/c1-12(2)21-25-26-19(23)14(20(28)24-22(26)35-21)10-13-8-9-16(17(11-13)33-3)34-36(31,32)18-7-5-4-6-15(18)27(29)30/h4-12,23H,1-3H3/b14-10-,23-19?. The number of ether oxygens (including phenoxy) is 1. The Morgan fingerprint density at radius 2 is 1.92 bits per heavy atom. The lowest BCUT2D eigenvalue weighted by Gasteiger charge is -2.20. The highest BCUT2D eigenvalue weighted by Crippen LogP contribution is 2.35. The highest BCUT2D eigenvalue weighted by atomic mass is 32.2. The zero-order chi connectivity index (χ0) is 26.2. The monoisotopic (exact) mass is 529 g/mol. The van der Waals surface area contributed by atoms with Crippen LogP contribution in [-0.2, 0) is 14.9 Å². The zero-order valence-electron chi connectivity index (χ0n) is 19.2. The Balaban J connectivity index is 1.65. The van der Waals surface area contributed by atoms with Gasteiger partial charge in [-0.3, -0.25) is 20.3 Å². The first kappa shape index (κ1) is 25.1. The van der Waals surface area contributed by atoms with Crippen LogP contribution in [0.3, 0.4) is 0 Å². The van der Waals surface area contributed by atoms with Crippen LogP contribution in [0.2, 0.25) is 0 Å². The number of rotatable bonds is 7. The number of fused-ring (bicyclic) bond motifs is 1. The molecule has 0 bridgehead atoms. The van der Waals surface area contributed by atoms with Crippen molar-refractivity contribution in [3.8, 4) is 11.5 Å². The van der Waals surface area contributed by atoms with Gasteiger partial charge in [0.05, 0.1) is 17.6 Å². The van der Waals surface area contributed by atoms with Crippen LogP contribution in [0, 0.1) is 21.4 Å². The second kappa shape index (κ2) is 9.54. The van der Waals surface area contributed by atoms with Gasteiger partial charge >= 0.3 is 10.1 Å². The Bertz CT molecular complexity index is 1500. The number of para-hydroxylation sites is 1. The molecule has 2 aliphatic rings. The fourth-order valence-corrected chi connectivity index (χ4v) is 5.23. The van der Waals surface area contributed by atoms with Crippen molar-refractivity contribution in [3.63, 3.8) is 0 Å². The fraction of sp³-hybridized carbons (Fsp3) is 0.182. The molecule has 0 unspecified atom stereocenters. The Kier molecular flexibility index (Phi) is 6.65. The first-order valence-corrected chi connectivity index (χ1v) is 12.6. The summed E-state index contributed by atoms with van der Waals surface area (Å²) in [6.07, 6.45) is 1.40. The predicted octanol–water partition coefficient (Wildman–Crippen LogP) is 3.65. The van der Waals surface area contributed by atoms with E-state index in [1.165, 1.54) is 60.3 Å². The van der Waals surface area contributed by atoms with Gasteiger partial charge in [0.1, 0.15) is 5.04 Å². The van der Waals surface area contributed by atoms with Gasteiger partial charge in [0.2, 0.25) is 5.17 Å². The van der Waals surface area contributed by atoms with Crippen LogP contribution >= 0.6 is 11.8 Å². The molecule has 2 heterocycles. The van der Waals surface area contributed by atoms with E-state index in [9.17, 15) is 23.3 Å². The Hall–Kier alpha value is -4.04. The largest absolute Gasteiger partial charge is 0.493 e. The number of amides is 1. The van der Waals surface area contributed by atoms with Crippen molar-refractivity contribution in [3.05, 3.63) is 63.7 Å². The van der Waals surface area contributed by atoms with E-state index in [0.29, 0.717) is 10.7 Å². The number of methoxy groups -OCH3 is 1.